The van der Waals surface area contributed by atoms with Crippen LogP contribution >= 0.6 is 0 Å². The van der Waals surface area contributed by atoms with Gasteiger partial charge in [-0.1, -0.05) is 50.2 Å². The van der Waals surface area contributed by atoms with E-state index in [9.17, 15) is 0 Å². The second kappa shape index (κ2) is 7.62. The summed E-state index contributed by atoms with van der Waals surface area (Å²) in [5.41, 5.74) is 5.26. The van der Waals surface area contributed by atoms with Crippen LogP contribution in [0.3, 0.4) is 0 Å². The molecule has 4 nitrogen and oxygen atoms in total. The highest BCUT2D eigenvalue weighted by Crippen LogP contribution is 2.27. The molecule has 4 aromatic rings. The van der Waals surface area contributed by atoms with Crippen LogP contribution in [-0.4, -0.2) is 15.0 Å². The highest BCUT2D eigenvalue weighted by molar-refractivity contribution is 5.94. The molecule has 126 valence electrons. The fourth-order valence-electron chi connectivity index (χ4n) is 2.69. The number of benzene rings is 2. The molecule has 0 bridgehead atoms. The van der Waals surface area contributed by atoms with Gasteiger partial charge >= 0.3 is 0 Å². The highest BCUT2D eigenvalue weighted by Gasteiger charge is 2.08. The second-order valence-corrected chi connectivity index (χ2v) is 5.45. The number of nitrogens with one attached hydrogen (secondary N) is 2. The maximum Gasteiger partial charge on any atom is 0.227 e. The van der Waals surface area contributed by atoms with Gasteiger partial charge in [-0.25, -0.2) is 9.97 Å². The molecule has 0 saturated heterocycles. The van der Waals surface area contributed by atoms with Crippen LogP contribution in [0.4, 0.5) is 11.6 Å². The number of aromatic nitrogens is 3. The standard InChI is InChI=1S/C19H16N4.C2H6/c1-13-6-2-4-8-16(13)22-19-20-11-10-18(23-19)15-12-21-17-9-5-3-7-14(15)17;1-2/h2-12,21H,1H3,(H,20,22,23);1-2H3. The number of hydrogen-bond acceptors (Lipinski definition) is 3. The minimum Gasteiger partial charge on any atom is -0.360 e. The molecular formula is C21H22N4. The number of aromatic amines is 1. The Balaban J connectivity index is 0.000000880. The highest BCUT2D eigenvalue weighted by atomic mass is 15.1. The molecule has 0 aliphatic carbocycles. The monoisotopic (exact) mass is 330 g/mol. The molecule has 2 aromatic heterocycles. The van der Waals surface area contributed by atoms with E-state index in [2.05, 4.69) is 45.4 Å². The Morgan fingerprint density at radius 2 is 1.68 bits per heavy atom. The number of para-hydroxylation sites is 2. The molecule has 4 rings (SSSR count). The number of H-pyrrole nitrogens is 1. The smallest absolute Gasteiger partial charge is 0.227 e. The van der Waals surface area contributed by atoms with Gasteiger partial charge in [-0.2, -0.15) is 0 Å². The van der Waals surface area contributed by atoms with E-state index in [0.717, 1.165) is 33.4 Å². The number of anilines is 2. The maximum atomic E-state index is 4.66. The largest absolute Gasteiger partial charge is 0.360 e. The van der Waals surface area contributed by atoms with Crippen LogP contribution in [0.5, 0.6) is 0 Å². The van der Waals surface area contributed by atoms with Crippen LogP contribution in [0.1, 0.15) is 19.4 Å². The lowest BCUT2D eigenvalue weighted by atomic mass is 10.1. The molecule has 2 aromatic carbocycles. The summed E-state index contributed by atoms with van der Waals surface area (Å²) in [5, 5.41) is 4.45. The van der Waals surface area contributed by atoms with Crippen LogP contribution in [0.25, 0.3) is 22.2 Å². The summed E-state index contributed by atoms with van der Waals surface area (Å²) in [7, 11) is 0. The van der Waals surface area contributed by atoms with Gasteiger partial charge in [0.1, 0.15) is 0 Å². The van der Waals surface area contributed by atoms with Crippen LogP contribution in [-0.2, 0) is 0 Å². The predicted octanol–water partition coefficient (Wildman–Crippen LogP) is 5.70. The van der Waals surface area contributed by atoms with E-state index in [4.69, 9.17) is 0 Å². The molecule has 0 spiro atoms. The van der Waals surface area contributed by atoms with Crippen molar-refractivity contribution in [3.05, 3.63) is 72.6 Å². The van der Waals surface area contributed by atoms with Crippen molar-refractivity contribution in [1.82, 2.24) is 15.0 Å². The first-order chi connectivity index (χ1) is 12.3. The van der Waals surface area contributed by atoms with Crippen molar-refractivity contribution < 1.29 is 0 Å². The Morgan fingerprint density at radius 1 is 0.920 bits per heavy atom. The third kappa shape index (κ3) is 3.53. The van der Waals surface area contributed by atoms with Crippen molar-refractivity contribution in [3.8, 4) is 11.3 Å². The molecule has 0 atom stereocenters. The lowest BCUT2D eigenvalue weighted by Gasteiger charge is -2.08. The Bertz CT molecular complexity index is 972. The van der Waals surface area contributed by atoms with Gasteiger partial charge in [-0.15, -0.1) is 0 Å². The zero-order chi connectivity index (χ0) is 17.6. The molecule has 0 aliphatic rings. The van der Waals surface area contributed by atoms with Crippen molar-refractivity contribution in [2.45, 2.75) is 20.8 Å². The fourth-order valence-corrected chi connectivity index (χ4v) is 2.69. The van der Waals surface area contributed by atoms with Gasteiger partial charge in [0.05, 0.1) is 5.69 Å². The Labute approximate surface area is 148 Å². The van der Waals surface area contributed by atoms with Crippen LogP contribution in [0, 0.1) is 6.92 Å². The SMILES string of the molecule is CC.Cc1ccccc1Nc1nccc(-c2c[nH]c3ccccc23)n1. The van der Waals surface area contributed by atoms with Crippen molar-refractivity contribution in [2.75, 3.05) is 5.32 Å². The Kier molecular flexibility index (Phi) is 5.09. The minimum absolute atomic E-state index is 0.599. The summed E-state index contributed by atoms with van der Waals surface area (Å²) >= 11 is 0. The summed E-state index contributed by atoms with van der Waals surface area (Å²) in [4.78, 5) is 12.3. The van der Waals surface area contributed by atoms with Crippen molar-refractivity contribution in [3.63, 3.8) is 0 Å². The molecule has 0 fully saturated rings. The lowest BCUT2D eigenvalue weighted by molar-refractivity contribution is 1.17. The summed E-state index contributed by atoms with van der Waals surface area (Å²) < 4.78 is 0. The fraction of sp³-hybridized carbons (Fsp3) is 0.143. The summed E-state index contributed by atoms with van der Waals surface area (Å²) in [6, 6.07) is 18.2. The molecule has 0 aliphatic heterocycles. The molecule has 25 heavy (non-hydrogen) atoms. The maximum absolute atomic E-state index is 4.66. The molecule has 0 saturated carbocycles. The molecular weight excluding hydrogens is 308 g/mol. The van der Waals surface area contributed by atoms with E-state index in [1.54, 1.807) is 6.20 Å². The molecule has 4 heteroatoms. The van der Waals surface area contributed by atoms with E-state index >= 15 is 0 Å². The molecule has 0 amide bonds. The third-order valence-corrected chi connectivity index (χ3v) is 3.91. The zero-order valence-electron chi connectivity index (χ0n) is 14.7. The molecule has 0 unspecified atom stereocenters. The average molecular weight is 330 g/mol. The van der Waals surface area contributed by atoms with Gasteiger partial charge in [0.25, 0.3) is 0 Å². The van der Waals surface area contributed by atoms with Gasteiger partial charge < -0.3 is 10.3 Å². The first-order valence-corrected chi connectivity index (χ1v) is 8.53. The topological polar surface area (TPSA) is 53.6 Å². The van der Waals surface area contributed by atoms with Gasteiger partial charge in [0, 0.05) is 34.5 Å². The Hall–Kier alpha value is -3.14. The summed E-state index contributed by atoms with van der Waals surface area (Å²) in [6.07, 6.45) is 3.77. The lowest BCUT2D eigenvalue weighted by Crippen LogP contribution is -1.99. The number of hydrogen-bond donors (Lipinski definition) is 2. The van der Waals surface area contributed by atoms with Gasteiger partial charge in [-0.3, -0.25) is 0 Å². The predicted molar refractivity (Wildman–Crippen MR) is 105 cm³/mol. The zero-order valence-corrected chi connectivity index (χ0v) is 14.7. The van der Waals surface area contributed by atoms with E-state index in [-0.39, 0.29) is 0 Å². The number of aryl methyl sites for hydroxylation is 1. The van der Waals surface area contributed by atoms with E-state index in [0.29, 0.717) is 5.95 Å². The quantitative estimate of drug-likeness (QED) is 0.506. The van der Waals surface area contributed by atoms with Crippen LogP contribution in [0.15, 0.2) is 67.0 Å². The van der Waals surface area contributed by atoms with E-state index in [1.807, 2.05) is 56.4 Å². The molecule has 2 N–H and O–H groups in total. The van der Waals surface area contributed by atoms with Gasteiger partial charge in [-0.05, 0) is 30.7 Å². The van der Waals surface area contributed by atoms with Gasteiger partial charge in [0.15, 0.2) is 0 Å². The third-order valence-electron chi connectivity index (χ3n) is 3.91. The van der Waals surface area contributed by atoms with E-state index in [1.165, 1.54) is 0 Å². The van der Waals surface area contributed by atoms with Gasteiger partial charge in [0.2, 0.25) is 5.95 Å². The molecule has 2 heterocycles. The molecule has 0 radical (unpaired) electrons. The van der Waals surface area contributed by atoms with Crippen molar-refractivity contribution in [1.29, 1.82) is 0 Å². The number of nitrogens with zero attached hydrogens (tertiary/aromatic N) is 2. The van der Waals surface area contributed by atoms with Crippen LogP contribution < -0.4 is 5.32 Å². The normalized spacial score (nSPS) is 10.2. The second-order valence-electron chi connectivity index (χ2n) is 5.45. The van der Waals surface area contributed by atoms with E-state index < -0.39 is 0 Å². The first-order valence-electron chi connectivity index (χ1n) is 8.53. The van der Waals surface area contributed by atoms with Crippen molar-refractivity contribution in [2.24, 2.45) is 0 Å². The summed E-state index contributed by atoms with van der Waals surface area (Å²) in [6.45, 7) is 6.06. The first kappa shape index (κ1) is 16.7. The van der Waals surface area contributed by atoms with Crippen LogP contribution in [0.2, 0.25) is 0 Å². The minimum atomic E-state index is 0.599. The average Bonchev–Trinajstić information content (AvgIpc) is 3.10. The number of rotatable bonds is 3. The Morgan fingerprint density at radius 3 is 2.52 bits per heavy atom. The number of fused-ring (bicyclic) bond motifs is 1. The summed E-state index contributed by atoms with van der Waals surface area (Å²) in [5.74, 6) is 0.599. The van der Waals surface area contributed by atoms with Crippen molar-refractivity contribution >= 4 is 22.5 Å².